The van der Waals surface area contributed by atoms with Gasteiger partial charge in [-0.25, -0.2) is 8.42 Å². The number of carbonyl (C=O) groups is 1. The first-order valence-electron chi connectivity index (χ1n) is 6.03. The Morgan fingerprint density at radius 2 is 1.90 bits per heavy atom. The quantitative estimate of drug-likeness (QED) is 0.823. The summed E-state index contributed by atoms with van der Waals surface area (Å²) in [6.07, 6.45) is 0.886. The molecule has 1 aromatic rings. The molecule has 20 heavy (non-hydrogen) atoms. The summed E-state index contributed by atoms with van der Waals surface area (Å²) in [7, 11) is -3.87. The van der Waals surface area contributed by atoms with Gasteiger partial charge in [-0.1, -0.05) is 13.8 Å². The zero-order valence-electron chi connectivity index (χ0n) is 11.8. The van der Waals surface area contributed by atoms with Gasteiger partial charge in [0.25, 0.3) is 11.5 Å². The molecule has 8 heteroatoms. The molecule has 0 aliphatic heterocycles. The minimum absolute atomic E-state index is 0.0197. The van der Waals surface area contributed by atoms with E-state index in [1.807, 2.05) is 0 Å². The molecule has 7 nitrogen and oxygen atoms in total. The largest absolute Gasteiger partial charge is 0.494 e. The lowest BCUT2D eigenvalue weighted by Gasteiger charge is -2.19. The third-order valence-corrected chi connectivity index (χ3v) is 4.08. The van der Waals surface area contributed by atoms with Gasteiger partial charge in [-0.05, 0) is 18.4 Å². The smallest absolute Gasteiger partial charge is 0.272 e. The molecule has 112 valence electrons. The number of aromatic hydroxyl groups is 1. The van der Waals surface area contributed by atoms with Crippen LogP contribution in [-0.4, -0.2) is 30.3 Å². The topological polar surface area (TPSA) is 119 Å². The number of hydrogen-bond donors (Lipinski definition) is 2. The molecule has 0 unspecified atom stereocenters. The number of nitrogens with zero attached hydrogens (tertiary/aromatic N) is 1. The summed E-state index contributed by atoms with van der Waals surface area (Å²) in [6.45, 7) is 4.80. The molecule has 1 aromatic heterocycles. The van der Waals surface area contributed by atoms with Crippen molar-refractivity contribution in [1.29, 1.82) is 0 Å². The van der Waals surface area contributed by atoms with Crippen LogP contribution in [0.15, 0.2) is 9.69 Å². The van der Waals surface area contributed by atoms with E-state index < -0.39 is 38.0 Å². The summed E-state index contributed by atoms with van der Waals surface area (Å²) < 4.78 is 24.6. The van der Waals surface area contributed by atoms with Crippen LogP contribution in [0.2, 0.25) is 0 Å². The van der Waals surface area contributed by atoms with Crippen molar-refractivity contribution in [3.63, 3.8) is 0 Å². The fraction of sp³-hybridized carbons (Fsp3) is 0.500. The number of amides is 1. The first-order valence-corrected chi connectivity index (χ1v) is 7.92. The molecule has 1 amide bonds. The van der Waals surface area contributed by atoms with Crippen molar-refractivity contribution in [1.82, 2.24) is 4.57 Å². The summed E-state index contributed by atoms with van der Waals surface area (Å²) in [4.78, 5) is 23.3. The monoisotopic (exact) mass is 302 g/mol. The number of rotatable bonds is 4. The molecule has 0 bridgehead atoms. The van der Waals surface area contributed by atoms with Crippen LogP contribution < -0.4 is 11.3 Å². The number of aromatic nitrogens is 1. The molecule has 0 saturated heterocycles. The van der Waals surface area contributed by atoms with Crippen molar-refractivity contribution in [2.45, 2.75) is 38.1 Å². The molecule has 0 aliphatic carbocycles. The van der Waals surface area contributed by atoms with Crippen LogP contribution in [0, 0.1) is 0 Å². The van der Waals surface area contributed by atoms with E-state index in [1.165, 1.54) is 0 Å². The van der Waals surface area contributed by atoms with E-state index >= 15 is 0 Å². The lowest BCUT2D eigenvalue weighted by Crippen LogP contribution is -2.31. The molecule has 0 aromatic carbocycles. The summed E-state index contributed by atoms with van der Waals surface area (Å²) >= 11 is 0. The van der Waals surface area contributed by atoms with Crippen LogP contribution in [-0.2, 0) is 16.4 Å². The van der Waals surface area contributed by atoms with E-state index in [0.29, 0.717) is 0 Å². The Morgan fingerprint density at radius 1 is 1.40 bits per heavy atom. The van der Waals surface area contributed by atoms with Gasteiger partial charge in [0.2, 0.25) is 5.88 Å². The first kappa shape index (κ1) is 16.2. The lowest BCUT2D eigenvalue weighted by atomic mass is 9.98. The SMILES string of the molecule is CCn1c(O)c(C(N)=O)c(C(C)C)c(S(C)(=O)=O)c1=O. The van der Waals surface area contributed by atoms with E-state index in [2.05, 4.69) is 0 Å². The maximum atomic E-state index is 12.2. The van der Waals surface area contributed by atoms with Crippen molar-refractivity contribution in [2.75, 3.05) is 6.26 Å². The maximum absolute atomic E-state index is 12.2. The zero-order valence-corrected chi connectivity index (χ0v) is 12.6. The number of pyridine rings is 1. The number of nitrogens with two attached hydrogens (primary N) is 1. The first-order chi connectivity index (χ1) is 9.03. The molecule has 0 saturated carbocycles. The highest BCUT2D eigenvalue weighted by molar-refractivity contribution is 7.90. The van der Waals surface area contributed by atoms with Crippen LogP contribution in [0.4, 0.5) is 0 Å². The Kier molecular flexibility index (Phi) is 4.28. The van der Waals surface area contributed by atoms with Gasteiger partial charge in [-0.3, -0.25) is 14.2 Å². The van der Waals surface area contributed by atoms with Crippen molar-refractivity contribution >= 4 is 15.7 Å². The number of sulfone groups is 1. The molecule has 0 radical (unpaired) electrons. The fourth-order valence-corrected chi connectivity index (χ4v) is 3.31. The van der Waals surface area contributed by atoms with Gasteiger partial charge >= 0.3 is 0 Å². The Morgan fingerprint density at radius 3 is 2.20 bits per heavy atom. The average Bonchev–Trinajstić information content (AvgIpc) is 2.25. The molecule has 0 spiro atoms. The van der Waals surface area contributed by atoms with Gasteiger partial charge in [0.1, 0.15) is 10.5 Å². The summed E-state index contributed by atoms with van der Waals surface area (Å²) in [5.74, 6) is -2.04. The molecule has 0 aliphatic rings. The summed E-state index contributed by atoms with van der Waals surface area (Å²) in [5, 5.41) is 10.0. The predicted molar refractivity (Wildman–Crippen MR) is 73.8 cm³/mol. The van der Waals surface area contributed by atoms with Gasteiger partial charge in [0, 0.05) is 12.8 Å². The third kappa shape index (κ3) is 2.55. The van der Waals surface area contributed by atoms with E-state index in [4.69, 9.17) is 5.73 Å². The van der Waals surface area contributed by atoms with Gasteiger partial charge in [0.05, 0.1) is 0 Å². The fourth-order valence-electron chi connectivity index (χ4n) is 2.15. The van der Waals surface area contributed by atoms with Crippen LogP contribution >= 0.6 is 0 Å². The van der Waals surface area contributed by atoms with E-state index in [-0.39, 0.29) is 17.7 Å². The molecule has 1 heterocycles. The second-order valence-corrected chi connectivity index (χ2v) is 6.73. The number of primary amides is 1. The van der Waals surface area contributed by atoms with Crippen molar-refractivity contribution in [2.24, 2.45) is 5.73 Å². The summed E-state index contributed by atoms with van der Waals surface area (Å²) in [5.41, 5.74) is 4.03. The van der Waals surface area contributed by atoms with E-state index in [0.717, 1.165) is 10.8 Å². The molecular formula is C12H18N2O5S. The van der Waals surface area contributed by atoms with Crippen LogP contribution in [0.25, 0.3) is 0 Å². The lowest BCUT2D eigenvalue weighted by molar-refractivity contribution is 0.0994. The minimum Gasteiger partial charge on any atom is -0.494 e. The third-order valence-electron chi connectivity index (χ3n) is 2.94. The number of carbonyl (C=O) groups excluding carboxylic acids is 1. The molecule has 3 N–H and O–H groups in total. The van der Waals surface area contributed by atoms with Crippen LogP contribution in [0.5, 0.6) is 5.88 Å². The van der Waals surface area contributed by atoms with E-state index in [1.54, 1.807) is 20.8 Å². The van der Waals surface area contributed by atoms with Gasteiger partial charge in [-0.15, -0.1) is 0 Å². The number of hydrogen-bond acceptors (Lipinski definition) is 5. The van der Waals surface area contributed by atoms with Crippen molar-refractivity contribution < 1.29 is 18.3 Å². The highest BCUT2D eigenvalue weighted by Gasteiger charge is 2.30. The van der Waals surface area contributed by atoms with Crippen molar-refractivity contribution in [3.8, 4) is 5.88 Å². The van der Waals surface area contributed by atoms with Gasteiger partial charge in [-0.2, -0.15) is 0 Å². The molecule has 1 rings (SSSR count). The Hall–Kier alpha value is -1.83. The van der Waals surface area contributed by atoms with Crippen molar-refractivity contribution in [3.05, 3.63) is 21.5 Å². The maximum Gasteiger partial charge on any atom is 0.272 e. The molecule has 0 fully saturated rings. The summed E-state index contributed by atoms with van der Waals surface area (Å²) in [6, 6.07) is 0. The molecule has 0 atom stereocenters. The van der Waals surface area contributed by atoms with E-state index in [9.17, 15) is 23.1 Å². The van der Waals surface area contributed by atoms with Gasteiger partial charge < -0.3 is 10.8 Å². The average molecular weight is 302 g/mol. The van der Waals surface area contributed by atoms with Gasteiger partial charge in [0.15, 0.2) is 9.84 Å². The predicted octanol–water partition coefficient (Wildman–Crippen LogP) is 0.200. The van der Waals surface area contributed by atoms with Crippen LogP contribution in [0.1, 0.15) is 42.6 Å². The Balaban J connectivity index is 4.17. The van der Waals surface area contributed by atoms with Crippen LogP contribution in [0.3, 0.4) is 0 Å². The highest BCUT2D eigenvalue weighted by Crippen LogP contribution is 2.30. The second-order valence-electron chi connectivity index (χ2n) is 4.78. The zero-order chi connectivity index (χ0) is 15.8. The Bertz CT molecular complexity index is 716. The standard InChI is InChI=1S/C12H18N2O5S/c1-5-14-11(16)8(10(13)15)7(6(2)3)9(12(14)17)20(4,18)19/h6,16H,5H2,1-4H3,(H2,13,15). The molecular weight excluding hydrogens is 284 g/mol. The normalized spacial score (nSPS) is 11.8. The minimum atomic E-state index is -3.87. The Labute approximate surface area is 116 Å². The second kappa shape index (κ2) is 5.28. The highest BCUT2D eigenvalue weighted by atomic mass is 32.2.